The van der Waals surface area contributed by atoms with Crippen LogP contribution < -0.4 is 0 Å². The second-order valence-electron chi connectivity index (χ2n) is 2.19. The maximum absolute atomic E-state index is 8.63. The van der Waals surface area contributed by atoms with Gasteiger partial charge in [0.15, 0.2) is 0 Å². The monoisotopic (exact) mass is 190 g/mol. The van der Waals surface area contributed by atoms with Gasteiger partial charge in [0.2, 0.25) is 0 Å². The molecule has 0 unspecified atom stereocenters. The van der Waals surface area contributed by atoms with Crippen molar-refractivity contribution in [2.75, 3.05) is 6.61 Å². The first kappa shape index (κ1) is 8.85. The zero-order valence-electron chi connectivity index (χ0n) is 5.85. The smallest absolute Gasteiger partial charge is 0.0625 e. The molecule has 1 rings (SSSR count). The number of halogens is 2. The summed E-state index contributed by atoms with van der Waals surface area (Å²) in [7, 11) is 0. The third-order valence-electron chi connectivity index (χ3n) is 1.41. The first-order chi connectivity index (χ1) is 5.25. The summed E-state index contributed by atoms with van der Waals surface area (Å²) in [6.45, 7) is 0.0973. The van der Waals surface area contributed by atoms with Crippen molar-refractivity contribution in [3.63, 3.8) is 0 Å². The predicted octanol–water partition coefficient (Wildman–Crippen LogP) is 2.53. The van der Waals surface area contributed by atoms with E-state index in [9.17, 15) is 0 Å². The standard InChI is InChI=1S/C8H8Cl2O/c9-7-3-1-2-6(4-5-11)8(7)10/h1-3,11H,4-5H2. The molecule has 0 saturated heterocycles. The number of aliphatic hydroxyl groups excluding tert-OH is 1. The molecular formula is C8H8Cl2O. The molecule has 0 aromatic heterocycles. The Bertz CT molecular complexity index is 248. The van der Waals surface area contributed by atoms with Crippen LogP contribution >= 0.6 is 23.2 Å². The highest BCUT2D eigenvalue weighted by atomic mass is 35.5. The molecule has 0 fully saturated rings. The van der Waals surface area contributed by atoms with Crippen LogP contribution in [0.2, 0.25) is 10.0 Å². The van der Waals surface area contributed by atoms with Gasteiger partial charge in [-0.25, -0.2) is 0 Å². The van der Waals surface area contributed by atoms with Gasteiger partial charge >= 0.3 is 0 Å². The molecule has 1 nitrogen and oxygen atoms in total. The van der Waals surface area contributed by atoms with Crippen molar-refractivity contribution in [2.45, 2.75) is 6.42 Å². The molecule has 0 aliphatic carbocycles. The summed E-state index contributed by atoms with van der Waals surface area (Å²) in [4.78, 5) is 0. The Morgan fingerprint density at radius 1 is 1.27 bits per heavy atom. The Hall–Kier alpha value is -0.240. The molecule has 0 saturated carbocycles. The largest absolute Gasteiger partial charge is 0.396 e. The lowest BCUT2D eigenvalue weighted by Gasteiger charge is -2.02. The highest BCUT2D eigenvalue weighted by Crippen LogP contribution is 2.25. The molecule has 11 heavy (non-hydrogen) atoms. The van der Waals surface area contributed by atoms with Crippen molar-refractivity contribution in [2.24, 2.45) is 0 Å². The average molecular weight is 191 g/mol. The van der Waals surface area contributed by atoms with Crippen LogP contribution in [0.15, 0.2) is 18.2 Å². The van der Waals surface area contributed by atoms with Crippen LogP contribution in [0.25, 0.3) is 0 Å². The third kappa shape index (κ3) is 2.09. The minimum Gasteiger partial charge on any atom is -0.396 e. The summed E-state index contributed by atoms with van der Waals surface area (Å²) >= 11 is 11.6. The van der Waals surface area contributed by atoms with Gasteiger partial charge in [0.1, 0.15) is 0 Å². The van der Waals surface area contributed by atoms with Crippen LogP contribution in [0.5, 0.6) is 0 Å². The number of benzene rings is 1. The van der Waals surface area contributed by atoms with Crippen molar-refractivity contribution in [1.29, 1.82) is 0 Å². The molecule has 0 spiro atoms. The van der Waals surface area contributed by atoms with Gasteiger partial charge in [-0.1, -0.05) is 35.3 Å². The summed E-state index contributed by atoms with van der Waals surface area (Å²) in [5.41, 5.74) is 0.890. The lowest BCUT2D eigenvalue weighted by molar-refractivity contribution is 0.299. The fourth-order valence-corrected chi connectivity index (χ4v) is 1.28. The Morgan fingerprint density at radius 2 is 2.00 bits per heavy atom. The molecular weight excluding hydrogens is 183 g/mol. The molecule has 1 aromatic rings. The van der Waals surface area contributed by atoms with Gasteiger partial charge < -0.3 is 5.11 Å². The van der Waals surface area contributed by atoms with E-state index in [0.29, 0.717) is 16.5 Å². The lowest BCUT2D eigenvalue weighted by Crippen LogP contribution is -1.91. The van der Waals surface area contributed by atoms with Gasteiger partial charge in [-0.2, -0.15) is 0 Å². The summed E-state index contributed by atoms with van der Waals surface area (Å²) < 4.78 is 0. The number of hydrogen-bond donors (Lipinski definition) is 1. The fourth-order valence-electron chi connectivity index (χ4n) is 0.862. The van der Waals surface area contributed by atoms with Crippen molar-refractivity contribution in [1.82, 2.24) is 0 Å². The Balaban J connectivity index is 2.96. The number of aliphatic hydroxyl groups is 1. The van der Waals surface area contributed by atoms with Crippen LogP contribution in [0.4, 0.5) is 0 Å². The van der Waals surface area contributed by atoms with E-state index in [1.54, 1.807) is 6.07 Å². The topological polar surface area (TPSA) is 20.2 Å². The molecule has 0 heterocycles. The molecule has 0 aliphatic rings. The average Bonchev–Trinajstić information content (AvgIpc) is 1.99. The first-order valence-electron chi connectivity index (χ1n) is 3.29. The maximum atomic E-state index is 8.63. The van der Waals surface area contributed by atoms with Gasteiger partial charge in [0.25, 0.3) is 0 Å². The zero-order valence-corrected chi connectivity index (χ0v) is 7.36. The van der Waals surface area contributed by atoms with Crippen molar-refractivity contribution >= 4 is 23.2 Å². The number of rotatable bonds is 2. The molecule has 1 N–H and O–H groups in total. The van der Waals surface area contributed by atoms with E-state index in [2.05, 4.69) is 0 Å². The highest BCUT2D eigenvalue weighted by molar-refractivity contribution is 6.42. The minimum atomic E-state index is 0.0973. The van der Waals surface area contributed by atoms with Gasteiger partial charge in [-0.3, -0.25) is 0 Å². The molecule has 3 heteroatoms. The molecule has 60 valence electrons. The van der Waals surface area contributed by atoms with Crippen LogP contribution in [-0.2, 0) is 6.42 Å². The molecule has 0 bridgehead atoms. The molecule has 0 aliphatic heterocycles. The van der Waals surface area contributed by atoms with Crippen LogP contribution in [-0.4, -0.2) is 11.7 Å². The predicted molar refractivity (Wildman–Crippen MR) is 47.3 cm³/mol. The normalized spacial score (nSPS) is 10.1. The van der Waals surface area contributed by atoms with Crippen molar-refractivity contribution < 1.29 is 5.11 Å². The SMILES string of the molecule is OCCc1cccc(Cl)c1Cl. The van der Waals surface area contributed by atoms with E-state index in [4.69, 9.17) is 28.3 Å². The summed E-state index contributed by atoms with van der Waals surface area (Å²) in [5, 5.41) is 9.72. The van der Waals surface area contributed by atoms with E-state index in [-0.39, 0.29) is 6.61 Å². The quantitative estimate of drug-likeness (QED) is 0.761. The zero-order chi connectivity index (χ0) is 8.27. The molecule has 0 atom stereocenters. The van der Waals surface area contributed by atoms with Crippen LogP contribution in [0.1, 0.15) is 5.56 Å². The summed E-state index contributed by atoms with van der Waals surface area (Å²) in [5.74, 6) is 0. The third-order valence-corrected chi connectivity index (χ3v) is 2.27. The molecule has 1 aromatic carbocycles. The van der Waals surface area contributed by atoms with E-state index in [1.807, 2.05) is 12.1 Å². The Morgan fingerprint density at radius 3 is 2.64 bits per heavy atom. The van der Waals surface area contributed by atoms with Gasteiger partial charge in [-0.15, -0.1) is 0 Å². The van der Waals surface area contributed by atoms with Gasteiger partial charge in [0.05, 0.1) is 10.0 Å². The summed E-state index contributed by atoms with van der Waals surface area (Å²) in [6, 6.07) is 5.40. The lowest BCUT2D eigenvalue weighted by atomic mass is 10.2. The van der Waals surface area contributed by atoms with Crippen LogP contribution in [0.3, 0.4) is 0 Å². The summed E-state index contributed by atoms with van der Waals surface area (Å²) in [6.07, 6.45) is 0.555. The van der Waals surface area contributed by atoms with Gasteiger partial charge in [0, 0.05) is 6.61 Å². The Labute approximate surface area is 75.6 Å². The highest BCUT2D eigenvalue weighted by Gasteiger charge is 2.01. The van der Waals surface area contributed by atoms with E-state index in [1.165, 1.54) is 0 Å². The minimum absolute atomic E-state index is 0.0973. The Kier molecular flexibility index (Phi) is 3.18. The van der Waals surface area contributed by atoms with E-state index < -0.39 is 0 Å². The fraction of sp³-hybridized carbons (Fsp3) is 0.250. The second kappa shape index (κ2) is 3.96. The second-order valence-corrected chi connectivity index (χ2v) is 2.97. The molecule has 0 radical (unpaired) electrons. The van der Waals surface area contributed by atoms with Crippen molar-refractivity contribution in [3.8, 4) is 0 Å². The maximum Gasteiger partial charge on any atom is 0.0625 e. The van der Waals surface area contributed by atoms with E-state index >= 15 is 0 Å². The van der Waals surface area contributed by atoms with E-state index in [0.717, 1.165) is 5.56 Å². The number of hydrogen-bond acceptors (Lipinski definition) is 1. The van der Waals surface area contributed by atoms with Crippen LogP contribution in [0, 0.1) is 0 Å². The molecule has 0 amide bonds. The van der Waals surface area contributed by atoms with Crippen molar-refractivity contribution in [3.05, 3.63) is 33.8 Å². The first-order valence-corrected chi connectivity index (χ1v) is 4.05. The van der Waals surface area contributed by atoms with Gasteiger partial charge in [-0.05, 0) is 18.1 Å².